The third-order valence-corrected chi connectivity index (χ3v) is 10.4. The maximum Gasteiger partial charge on any atom is 0.0462 e. The monoisotopic (exact) mass is 729 g/mol. The van der Waals surface area contributed by atoms with Crippen molar-refractivity contribution < 1.29 is 0 Å². The number of benzene rings is 6. The fraction of sp³-hybridized carbons (Fsp3) is 0.0870. The van der Waals surface area contributed by atoms with Crippen LogP contribution in [0.1, 0.15) is 41.5 Å². The van der Waals surface area contributed by atoms with E-state index in [0.29, 0.717) is 0 Å². The van der Waals surface area contributed by atoms with Crippen molar-refractivity contribution in [2.75, 3.05) is 4.90 Å². The first-order valence-electron chi connectivity index (χ1n) is 16.8. The van der Waals surface area contributed by atoms with Gasteiger partial charge in [-0.05, 0) is 144 Å². The van der Waals surface area contributed by atoms with E-state index in [0.717, 1.165) is 42.7 Å². The lowest BCUT2D eigenvalue weighted by molar-refractivity contribution is 0.978. The van der Waals surface area contributed by atoms with E-state index in [1.165, 1.54) is 58.9 Å². The van der Waals surface area contributed by atoms with Crippen LogP contribution in [0.5, 0.6) is 0 Å². The van der Waals surface area contributed by atoms with Gasteiger partial charge in [-0.15, -0.1) is 0 Å². The maximum atomic E-state index is 2.43. The second-order valence-electron chi connectivity index (χ2n) is 12.5. The molecular formula is C46H36IN. The van der Waals surface area contributed by atoms with Gasteiger partial charge >= 0.3 is 0 Å². The van der Waals surface area contributed by atoms with Crippen molar-refractivity contribution in [2.24, 2.45) is 0 Å². The number of hydrogen-bond acceptors (Lipinski definition) is 1. The fourth-order valence-electron chi connectivity index (χ4n) is 7.04. The normalized spacial score (nSPS) is 14.3. The van der Waals surface area contributed by atoms with E-state index in [2.05, 4.69) is 197 Å². The standard InChI is InChI=1S/C46H36IN/c47-37-25-19-33(20-26-37)17-18-34-21-27-39(28-22-34)48(38-11-2-1-3-12-38)40-29-23-36(24-30-40)42-31-32-46(45-15-7-6-14-43(42)45)44-16-8-10-35-9-4-5-13-41(35)44/h1-7,9,11-19,21-25,27-32H,8,10,20,26H2/b18-17+. The Hall–Kier alpha value is -4.93. The predicted molar refractivity (Wildman–Crippen MR) is 214 cm³/mol. The van der Waals surface area contributed by atoms with Gasteiger partial charge in [0.05, 0.1) is 0 Å². The molecule has 2 aliphatic rings. The van der Waals surface area contributed by atoms with Crippen molar-refractivity contribution in [3.05, 3.63) is 195 Å². The number of rotatable bonds is 7. The summed E-state index contributed by atoms with van der Waals surface area (Å²) in [5.41, 5.74) is 13.9. The molecule has 0 unspecified atom stereocenters. The highest BCUT2D eigenvalue weighted by Crippen LogP contribution is 2.40. The third-order valence-electron chi connectivity index (χ3n) is 9.51. The Bertz CT molecular complexity index is 2220. The lowest BCUT2D eigenvalue weighted by Crippen LogP contribution is -2.09. The molecule has 0 saturated carbocycles. The van der Waals surface area contributed by atoms with E-state index in [9.17, 15) is 0 Å². The molecule has 232 valence electrons. The van der Waals surface area contributed by atoms with Crippen molar-refractivity contribution in [3.8, 4) is 11.1 Å². The van der Waals surface area contributed by atoms with Crippen LogP contribution in [0.4, 0.5) is 17.1 Å². The lowest BCUT2D eigenvalue weighted by atomic mass is 9.84. The van der Waals surface area contributed by atoms with Gasteiger partial charge in [-0.25, -0.2) is 0 Å². The summed E-state index contributed by atoms with van der Waals surface area (Å²) in [6, 6.07) is 51.0. The molecule has 48 heavy (non-hydrogen) atoms. The summed E-state index contributed by atoms with van der Waals surface area (Å²) in [5.74, 6) is 0. The van der Waals surface area contributed by atoms with Crippen LogP contribution in [0.2, 0.25) is 0 Å². The van der Waals surface area contributed by atoms with Crippen LogP contribution in [0.25, 0.3) is 33.5 Å². The Morgan fingerprint density at radius 3 is 1.90 bits per heavy atom. The van der Waals surface area contributed by atoms with Gasteiger partial charge in [-0.1, -0.05) is 134 Å². The number of aryl methyl sites for hydroxylation is 1. The van der Waals surface area contributed by atoms with Gasteiger partial charge in [0.1, 0.15) is 0 Å². The zero-order valence-electron chi connectivity index (χ0n) is 26.8. The smallest absolute Gasteiger partial charge is 0.0462 e. The van der Waals surface area contributed by atoms with Gasteiger partial charge in [-0.2, -0.15) is 0 Å². The number of hydrogen-bond donors (Lipinski definition) is 0. The number of allylic oxidation sites excluding steroid dienone is 6. The van der Waals surface area contributed by atoms with E-state index in [-0.39, 0.29) is 0 Å². The van der Waals surface area contributed by atoms with Crippen LogP contribution in [0.3, 0.4) is 0 Å². The molecule has 6 aromatic carbocycles. The van der Waals surface area contributed by atoms with Crippen LogP contribution in [-0.4, -0.2) is 0 Å². The first-order chi connectivity index (χ1) is 23.7. The molecule has 0 amide bonds. The second kappa shape index (κ2) is 13.7. The van der Waals surface area contributed by atoms with Crippen molar-refractivity contribution in [1.29, 1.82) is 0 Å². The molecule has 0 aliphatic heterocycles. The molecule has 0 spiro atoms. The Labute approximate surface area is 297 Å². The van der Waals surface area contributed by atoms with Crippen LogP contribution in [-0.2, 0) is 6.42 Å². The molecule has 1 nitrogen and oxygen atoms in total. The first kappa shape index (κ1) is 30.4. The Kier molecular flexibility index (Phi) is 8.65. The molecular weight excluding hydrogens is 693 g/mol. The zero-order valence-corrected chi connectivity index (χ0v) is 29.0. The largest absolute Gasteiger partial charge is 0.311 e. The van der Waals surface area contributed by atoms with Crippen molar-refractivity contribution in [3.63, 3.8) is 0 Å². The van der Waals surface area contributed by atoms with Crippen molar-refractivity contribution in [1.82, 2.24) is 0 Å². The molecule has 2 aliphatic carbocycles. The zero-order chi connectivity index (χ0) is 32.3. The van der Waals surface area contributed by atoms with E-state index in [1.807, 2.05) is 0 Å². The average molecular weight is 730 g/mol. The van der Waals surface area contributed by atoms with Crippen LogP contribution < -0.4 is 4.90 Å². The predicted octanol–water partition coefficient (Wildman–Crippen LogP) is 13.4. The molecule has 0 aromatic heterocycles. The highest BCUT2D eigenvalue weighted by atomic mass is 127. The maximum absolute atomic E-state index is 2.43. The first-order valence-corrected chi connectivity index (χ1v) is 17.9. The highest BCUT2D eigenvalue weighted by Gasteiger charge is 2.18. The number of nitrogens with zero attached hydrogens (tertiary/aromatic N) is 1. The van der Waals surface area contributed by atoms with E-state index in [1.54, 1.807) is 0 Å². The molecule has 0 fully saturated rings. The van der Waals surface area contributed by atoms with Crippen LogP contribution in [0, 0.1) is 0 Å². The topological polar surface area (TPSA) is 3.24 Å². The SMILES string of the molecule is IC1=CC=C(/C=C/c2ccc(N(c3ccccc3)c3ccc(-c4ccc(C5=CCCc6ccccc65)c5ccccc45)cc3)cc2)CC1. The molecule has 2 heteroatoms. The van der Waals surface area contributed by atoms with E-state index in [4.69, 9.17) is 0 Å². The molecule has 8 rings (SSSR count). The van der Waals surface area contributed by atoms with Gasteiger partial charge in [0.15, 0.2) is 0 Å². The summed E-state index contributed by atoms with van der Waals surface area (Å²) < 4.78 is 1.42. The van der Waals surface area contributed by atoms with E-state index < -0.39 is 0 Å². The number of fused-ring (bicyclic) bond motifs is 2. The van der Waals surface area contributed by atoms with Gasteiger partial charge in [0.25, 0.3) is 0 Å². The fourth-order valence-corrected chi connectivity index (χ4v) is 7.49. The Morgan fingerprint density at radius 1 is 0.500 bits per heavy atom. The lowest BCUT2D eigenvalue weighted by Gasteiger charge is -2.26. The summed E-state index contributed by atoms with van der Waals surface area (Å²) in [6.07, 6.45) is 15.8. The van der Waals surface area contributed by atoms with E-state index >= 15 is 0 Å². The van der Waals surface area contributed by atoms with Crippen molar-refractivity contribution in [2.45, 2.75) is 25.7 Å². The Balaban J connectivity index is 1.12. The summed E-state index contributed by atoms with van der Waals surface area (Å²) >= 11 is 2.43. The molecule has 0 atom stereocenters. The number of anilines is 3. The molecule has 0 bridgehead atoms. The molecule has 6 aromatic rings. The van der Waals surface area contributed by atoms with Gasteiger partial charge in [0, 0.05) is 17.1 Å². The second-order valence-corrected chi connectivity index (χ2v) is 13.9. The van der Waals surface area contributed by atoms with Gasteiger partial charge in [0.2, 0.25) is 0 Å². The quantitative estimate of drug-likeness (QED) is 0.148. The molecule has 0 heterocycles. The van der Waals surface area contributed by atoms with Crippen LogP contribution in [0.15, 0.2) is 173 Å². The summed E-state index contributed by atoms with van der Waals surface area (Å²) in [5, 5.41) is 2.58. The molecule has 0 saturated heterocycles. The van der Waals surface area contributed by atoms with Gasteiger partial charge < -0.3 is 4.90 Å². The highest BCUT2D eigenvalue weighted by molar-refractivity contribution is 14.1. The molecule has 0 N–H and O–H groups in total. The minimum Gasteiger partial charge on any atom is -0.311 e. The number of para-hydroxylation sites is 1. The average Bonchev–Trinajstić information content (AvgIpc) is 3.15. The van der Waals surface area contributed by atoms with Gasteiger partial charge in [-0.3, -0.25) is 0 Å². The minimum absolute atomic E-state index is 1.08. The third kappa shape index (κ3) is 6.21. The summed E-state index contributed by atoms with van der Waals surface area (Å²) in [6.45, 7) is 0. The van der Waals surface area contributed by atoms with Crippen LogP contribution >= 0.6 is 22.6 Å². The number of halogens is 1. The molecule has 0 radical (unpaired) electrons. The minimum atomic E-state index is 1.08. The summed E-state index contributed by atoms with van der Waals surface area (Å²) in [4.78, 5) is 2.34. The van der Waals surface area contributed by atoms with Crippen molar-refractivity contribution >= 4 is 62.1 Å². The Morgan fingerprint density at radius 2 is 1.15 bits per heavy atom. The summed E-state index contributed by atoms with van der Waals surface area (Å²) in [7, 11) is 0.